The second-order valence-electron chi connectivity index (χ2n) is 3.81. The van der Waals surface area contributed by atoms with E-state index in [1.807, 2.05) is 0 Å². The fraction of sp³-hybridized carbons (Fsp3) is 0.0909. The molecule has 3 N–H and O–H groups in total. The van der Waals surface area contributed by atoms with Gasteiger partial charge in [0.25, 0.3) is 5.91 Å². The van der Waals surface area contributed by atoms with Crippen molar-refractivity contribution >= 4 is 27.3 Å². The minimum Gasteiger partial charge on any atom is -0.321 e. The first-order chi connectivity index (χ1) is 8.38. The van der Waals surface area contributed by atoms with E-state index in [1.165, 1.54) is 12.3 Å². The Hall–Kier alpha value is -1.99. The van der Waals surface area contributed by atoms with Crippen LogP contribution in [0, 0.1) is 6.92 Å². The number of aliphatic imine (C=N–C) groups is 1. The van der Waals surface area contributed by atoms with Gasteiger partial charge in [-0.1, -0.05) is 6.07 Å². The molecule has 1 aliphatic rings. The standard InChI is InChI=1S/C11H11N3O3S/c1-7-2-3-8(6-10(7)18(12,16)17)14-11(15)9-4-5-13-9/h2-6H,1H3,(H,14,15)(H2,12,16,17). The zero-order chi connectivity index (χ0) is 13.3. The SMILES string of the molecule is Cc1ccc(NC(=O)C2=NC=C2)cc1S(N)(=O)=O. The molecule has 94 valence electrons. The molecule has 1 aromatic rings. The Morgan fingerprint density at radius 2 is 2.06 bits per heavy atom. The first kappa shape index (κ1) is 12.5. The smallest absolute Gasteiger partial charge is 0.274 e. The maximum absolute atomic E-state index is 11.6. The third-order valence-corrected chi connectivity index (χ3v) is 3.48. The van der Waals surface area contributed by atoms with Crippen molar-refractivity contribution in [2.75, 3.05) is 5.32 Å². The Bertz CT molecular complexity index is 675. The van der Waals surface area contributed by atoms with Crippen molar-refractivity contribution in [3.63, 3.8) is 0 Å². The van der Waals surface area contributed by atoms with E-state index in [1.54, 1.807) is 25.1 Å². The van der Waals surface area contributed by atoms with Gasteiger partial charge < -0.3 is 5.32 Å². The maximum Gasteiger partial charge on any atom is 0.274 e. The van der Waals surface area contributed by atoms with Crippen molar-refractivity contribution in [2.24, 2.45) is 10.1 Å². The summed E-state index contributed by atoms with van der Waals surface area (Å²) in [5.41, 5.74) is 1.18. The summed E-state index contributed by atoms with van der Waals surface area (Å²) >= 11 is 0. The highest BCUT2D eigenvalue weighted by atomic mass is 32.2. The predicted molar refractivity (Wildman–Crippen MR) is 67.8 cm³/mol. The molecule has 0 atom stereocenters. The lowest BCUT2D eigenvalue weighted by Crippen LogP contribution is -2.23. The number of hydrogen-bond acceptors (Lipinski definition) is 4. The largest absolute Gasteiger partial charge is 0.321 e. The van der Waals surface area contributed by atoms with Gasteiger partial charge in [0.1, 0.15) is 5.71 Å². The second kappa shape index (κ2) is 4.35. The van der Waals surface area contributed by atoms with E-state index in [4.69, 9.17) is 5.14 Å². The first-order valence-electron chi connectivity index (χ1n) is 5.07. The van der Waals surface area contributed by atoms with E-state index >= 15 is 0 Å². The number of nitrogens with zero attached hydrogens (tertiary/aromatic N) is 1. The molecule has 2 rings (SSSR count). The van der Waals surface area contributed by atoms with Crippen LogP contribution in [0.3, 0.4) is 0 Å². The van der Waals surface area contributed by atoms with Crippen LogP contribution >= 0.6 is 0 Å². The number of nitrogens with two attached hydrogens (primary N) is 1. The van der Waals surface area contributed by atoms with Gasteiger partial charge in [-0.05, 0) is 30.7 Å². The summed E-state index contributed by atoms with van der Waals surface area (Å²) in [6.45, 7) is 1.63. The lowest BCUT2D eigenvalue weighted by atomic mass is 10.2. The predicted octanol–water partition coefficient (Wildman–Crippen LogP) is 0.549. The van der Waals surface area contributed by atoms with Crippen LogP contribution in [0.2, 0.25) is 0 Å². The van der Waals surface area contributed by atoms with E-state index in [0.29, 0.717) is 17.0 Å². The maximum atomic E-state index is 11.6. The number of anilines is 1. The molecule has 0 spiro atoms. The Kier molecular flexibility index (Phi) is 3.02. The Labute approximate surface area is 104 Å². The fourth-order valence-electron chi connectivity index (χ4n) is 1.46. The molecule has 6 nitrogen and oxygen atoms in total. The highest BCUT2D eigenvalue weighted by molar-refractivity contribution is 7.89. The number of nitrogens with one attached hydrogen (secondary N) is 1. The van der Waals surface area contributed by atoms with Gasteiger partial charge in [-0.25, -0.2) is 13.6 Å². The molecule has 1 aromatic carbocycles. The van der Waals surface area contributed by atoms with Crippen molar-refractivity contribution in [3.05, 3.63) is 36.0 Å². The number of benzene rings is 1. The molecule has 0 saturated heterocycles. The van der Waals surface area contributed by atoms with Crippen LogP contribution in [-0.4, -0.2) is 20.0 Å². The zero-order valence-corrected chi connectivity index (χ0v) is 10.4. The van der Waals surface area contributed by atoms with Gasteiger partial charge in [0.2, 0.25) is 10.0 Å². The molecule has 0 saturated carbocycles. The normalized spacial score (nSPS) is 13.8. The average molecular weight is 265 g/mol. The fourth-order valence-corrected chi connectivity index (χ4v) is 2.27. The summed E-state index contributed by atoms with van der Waals surface area (Å²) in [7, 11) is -3.80. The molecule has 7 heteroatoms. The van der Waals surface area contributed by atoms with Crippen molar-refractivity contribution in [1.29, 1.82) is 0 Å². The molecule has 0 radical (unpaired) electrons. The lowest BCUT2D eigenvalue weighted by molar-refractivity contribution is -0.110. The summed E-state index contributed by atoms with van der Waals surface area (Å²) in [4.78, 5) is 15.3. The third kappa shape index (κ3) is 2.47. The number of carbonyl (C=O) groups excluding carboxylic acids is 1. The van der Waals surface area contributed by atoms with Gasteiger partial charge in [0.05, 0.1) is 4.90 Å². The molecule has 1 amide bonds. The van der Waals surface area contributed by atoms with Crippen molar-refractivity contribution in [1.82, 2.24) is 0 Å². The Morgan fingerprint density at radius 1 is 1.39 bits per heavy atom. The molecule has 0 unspecified atom stereocenters. The van der Waals surface area contributed by atoms with Crippen LogP contribution in [-0.2, 0) is 14.8 Å². The molecule has 1 heterocycles. The van der Waals surface area contributed by atoms with Gasteiger partial charge >= 0.3 is 0 Å². The first-order valence-corrected chi connectivity index (χ1v) is 6.62. The molecule has 0 bridgehead atoms. The monoisotopic (exact) mass is 265 g/mol. The number of aryl methyl sites for hydroxylation is 1. The second-order valence-corrected chi connectivity index (χ2v) is 5.34. The minimum absolute atomic E-state index is 0.00797. The number of sulfonamides is 1. The highest BCUT2D eigenvalue weighted by Gasteiger charge is 2.15. The van der Waals surface area contributed by atoms with Gasteiger partial charge in [-0.3, -0.25) is 9.79 Å². The third-order valence-electron chi connectivity index (χ3n) is 2.43. The molecule has 1 aliphatic heterocycles. The van der Waals surface area contributed by atoms with Crippen molar-refractivity contribution < 1.29 is 13.2 Å². The Balaban J connectivity index is 2.27. The van der Waals surface area contributed by atoms with E-state index in [0.717, 1.165) is 0 Å². The summed E-state index contributed by atoms with van der Waals surface area (Å²) in [5.74, 6) is -0.387. The summed E-state index contributed by atoms with van der Waals surface area (Å²) < 4.78 is 22.6. The zero-order valence-electron chi connectivity index (χ0n) is 9.54. The van der Waals surface area contributed by atoms with Gasteiger partial charge in [-0.2, -0.15) is 0 Å². The summed E-state index contributed by atoms with van der Waals surface area (Å²) in [5, 5.41) is 7.62. The van der Waals surface area contributed by atoms with E-state index < -0.39 is 10.0 Å². The highest BCUT2D eigenvalue weighted by Crippen LogP contribution is 2.19. The molecular formula is C11H11N3O3S. The van der Waals surface area contributed by atoms with E-state index in [-0.39, 0.29) is 10.8 Å². The molecule has 0 fully saturated rings. The Morgan fingerprint density at radius 3 is 2.56 bits per heavy atom. The van der Waals surface area contributed by atoms with Crippen LogP contribution in [0.5, 0.6) is 0 Å². The molecule has 18 heavy (non-hydrogen) atoms. The van der Waals surface area contributed by atoms with E-state index in [2.05, 4.69) is 10.3 Å². The number of primary sulfonamides is 1. The number of hydrogen-bond donors (Lipinski definition) is 2. The topological polar surface area (TPSA) is 102 Å². The average Bonchev–Trinajstić information content (AvgIpc) is 2.16. The minimum atomic E-state index is -3.80. The van der Waals surface area contributed by atoms with Gasteiger partial charge in [0.15, 0.2) is 0 Å². The number of rotatable bonds is 3. The van der Waals surface area contributed by atoms with Crippen LogP contribution in [0.1, 0.15) is 5.56 Å². The lowest BCUT2D eigenvalue weighted by Gasteiger charge is -2.10. The van der Waals surface area contributed by atoms with Crippen LogP contribution in [0.15, 0.2) is 40.4 Å². The molecule has 0 aromatic heterocycles. The van der Waals surface area contributed by atoms with Crippen molar-refractivity contribution in [2.45, 2.75) is 11.8 Å². The quantitative estimate of drug-likeness (QED) is 0.834. The van der Waals surface area contributed by atoms with Crippen molar-refractivity contribution in [3.8, 4) is 0 Å². The van der Waals surface area contributed by atoms with Gasteiger partial charge in [0, 0.05) is 11.9 Å². The van der Waals surface area contributed by atoms with Crippen LogP contribution in [0.25, 0.3) is 0 Å². The summed E-state index contributed by atoms with van der Waals surface area (Å²) in [6.07, 6.45) is 3.06. The number of amides is 1. The van der Waals surface area contributed by atoms with Crippen LogP contribution in [0.4, 0.5) is 5.69 Å². The molecule has 0 aliphatic carbocycles. The number of carbonyl (C=O) groups is 1. The molecular weight excluding hydrogens is 254 g/mol. The van der Waals surface area contributed by atoms with E-state index in [9.17, 15) is 13.2 Å². The van der Waals surface area contributed by atoms with Gasteiger partial charge in [-0.15, -0.1) is 0 Å². The summed E-state index contributed by atoms with van der Waals surface area (Å²) in [6, 6.07) is 4.50. The van der Waals surface area contributed by atoms with Crippen LogP contribution < -0.4 is 10.5 Å².